The van der Waals surface area contributed by atoms with Crippen molar-refractivity contribution in [1.82, 2.24) is 13.6 Å². The lowest BCUT2D eigenvalue weighted by Crippen LogP contribution is -2.15. The Morgan fingerprint density at radius 3 is 2.82 bits per heavy atom. The summed E-state index contributed by atoms with van der Waals surface area (Å²) in [5.74, 6) is 0.0728. The number of halogens is 2. The highest BCUT2D eigenvalue weighted by Crippen LogP contribution is 2.23. The molecule has 4 rings (SSSR count). The average Bonchev–Trinajstić information content (AvgIpc) is 2.93. The van der Waals surface area contributed by atoms with Gasteiger partial charge in [0.15, 0.2) is 0 Å². The van der Waals surface area contributed by atoms with Crippen molar-refractivity contribution < 1.29 is 4.39 Å². The monoisotopic (exact) mass is 357 g/mol. The van der Waals surface area contributed by atoms with Crippen molar-refractivity contribution in [1.29, 1.82) is 0 Å². The van der Waals surface area contributed by atoms with Crippen LogP contribution < -0.4 is 5.56 Å². The SMILES string of the molecule is O=c1c(-c2nc3ccc(F)cc3[nH]2)cc2ccccc2n1Br. The van der Waals surface area contributed by atoms with E-state index in [0.717, 1.165) is 10.9 Å². The minimum atomic E-state index is -0.348. The van der Waals surface area contributed by atoms with Gasteiger partial charge in [-0.3, -0.25) is 4.79 Å². The number of nitrogens with zero attached hydrogens (tertiary/aromatic N) is 2. The molecular formula is C16H9BrFN3O. The number of fused-ring (bicyclic) bond motifs is 2. The first-order valence-electron chi connectivity index (χ1n) is 6.60. The van der Waals surface area contributed by atoms with Crippen LogP contribution in [0.25, 0.3) is 33.3 Å². The number of hydrogen-bond donors (Lipinski definition) is 1. The van der Waals surface area contributed by atoms with Crippen LogP contribution in [-0.4, -0.2) is 13.6 Å². The van der Waals surface area contributed by atoms with E-state index in [1.807, 2.05) is 24.3 Å². The summed E-state index contributed by atoms with van der Waals surface area (Å²) in [6.07, 6.45) is 0. The smallest absolute Gasteiger partial charge is 0.272 e. The van der Waals surface area contributed by atoms with E-state index >= 15 is 0 Å². The van der Waals surface area contributed by atoms with Gasteiger partial charge in [-0.1, -0.05) is 18.2 Å². The first-order valence-corrected chi connectivity index (χ1v) is 7.31. The molecule has 2 aromatic carbocycles. The first kappa shape index (κ1) is 13.2. The third-order valence-corrected chi connectivity index (χ3v) is 4.26. The predicted molar refractivity (Wildman–Crippen MR) is 87.6 cm³/mol. The normalized spacial score (nSPS) is 11.4. The van der Waals surface area contributed by atoms with Gasteiger partial charge >= 0.3 is 0 Å². The molecule has 22 heavy (non-hydrogen) atoms. The minimum absolute atomic E-state index is 0.224. The minimum Gasteiger partial charge on any atom is -0.338 e. The molecule has 1 N–H and O–H groups in total. The summed E-state index contributed by atoms with van der Waals surface area (Å²) >= 11 is 3.29. The number of hydrogen-bond acceptors (Lipinski definition) is 2. The molecule has 0 amide bonds. The molecule has 0 bridgehead atoms. The summed E-state index contributed by atoms with van der Waals surface area (Å²) in [5, 5.41) is 0.903. The van der Waals surface area contributed by atoms with Gasteiger partial charge in [0.25, 0.3) is 5.56 Å². The summed E-state index contributed by atoms with van der Waals surface area (Å²) in [7, 11) is 0. The number of para-hydroxylation sites is 1. The van der Waals surface area contributed by atoms with Crippen molar-refractivity contribution >= 4 is 38.1 Å². The van der Waals surface area contributed by atoms with Crippen LogP contribution in [0.3, 0.4) is 0 Å². The fourth-order valence-corrected chi connectivity index (χ4v) is 3.01. The van der Waals surface area contributed by atoms with Gasteiger partial charge in [-0.05, 0) is 30.3 Å². The number of benzene rings is 2. The van der Waals surface area contributed by atoms with Gasteiger partial charge in [-0.2, -0.15) is 0 Å². The molecule has 0 radical (unpaired) electrons. The van der Waals surface area contributed by atoms with Gasteiger partial charge in [0, 0.05) is 5.39 Å². The summed E-state index contributed by atoms with van der Waals surface area (Å²) < 4.78 is 14.7. The molecule has 0 unspecified atom stereocenters. The molecule has 0 aliphatic heterocycles. The number of pyridine rings is 1. The van der Waals surface area contributed by atoms with Crippen molar-refractivity contribution in [3.63, 3.8) is 0 Å². The van der Waals surface area contributed by atoms with Crippen LogP contribution in [0.2, 0.25) is 0 Å². The van der Waals surface area contributed by atoms with E-state index < -0.39 is 0 Å². The lowest BCUT2D eigenvalue weighted by atomic mass is 10.1. The van der Waals surface area contributed by atoms with E-state index in [1.54, 1.807) is 12.1 Å². The standard InChI is InChI=1S/C16H9BrFN3O/c17-21-14-4-2-1-3-9(14)7-11(16(21)22)15-19-12-6-5-10(18)8-13(12)20-15/h1-8H,(H,19,20). The Kier molecular flexibility index (Phi) is 2.87. The van der Waals surface area contributed by atoms with E-state index in [4.69, 9.17) is 0 Å². The van der Waals surface area contributed by atoms with Gasteiger partial charge in [0.1, 0.15) is 11.6 Å². The number of rotatable bonds is 1. The molecule has 0 spiro atoms. The van der Waals surface area contributed by atoms with Gasteiger partial charge in [-0.15, -0.1) is 0 Å². The number of aromatic amines is 1. The highest BCUT2D eigenvalue weighted by Gasteiger charge is 2.13. The molecule has 0 saturated carbocycles. The second-order valence-corrected chi connectivity index (χ2v) is 5.66. The highest BCUT2D eigenvalue weighted by molar-refractivity contribution is 9.08. The number of nitrogens with one attached hydrogen (secondary N) is 1. The van der Waals surface area contributed by atoms with E-state index in [0.29, 0.717) is 22.4 Å². The molecule has 2 heterocycles. The Labute approximate surface area is 132 Å². The predicted octanol–water partition coefficient (Wildman–Crippen LogP) is 3.84. The Morgan fingerprint density at radius 1 is 1.14 bits per heavy atom. The van der Waals surface area contributed by atoms with E-state index in [9.17, 15) is 9.18 Å². The Balaban J connectivity index is 2.03. The lowest BCUT2D eigenvalue weighted by Gasteiger charge is -2.05. The summed E-state index contributed by atoms with van der Waals surface area (Å²) in [5.41, 5.74) is 2.15. The summed E-state index contributed by atoms with van der Waals surface area (Å²) in [6, 6.07) is 13.6. The average molecular weight is 358 g/mol. The van der Waals surface area contributed by atoms with Crippen molar-refractivity contribution in [3.8, 4) is 11.4 Å². The van der Waals surface area contributed by atoms with Crippen LogP contribution in [0.15, 0.2) is 53.3 Å². The van der Waals surface area contributed by atoms with Crippen LogP contribution in [0.1, 0.15) is 0 Å². The summed E-state index contributed by atoms with van der Waals surface area (Å²) in [6.45, 7) is 0. The molecule has 0 aliphatic carbocycles. The lowest BCUT2D eigenvalue weighted by molar-refractivity contribution is 0.629. The molecule has 6 heteroatoms. The van der Waals surface area contributed by atoms with E-state index in [2.05, 4.69) is 26.1 Å². The molecule has 0 aliphatic rings. The van der Waals surface area contributed by atoms with Gasteiger partial charge in [-0.25, -0.2) is 13.0 Å². The van der Waals surface area contributed by atoms with Gasteiger partial charge in [0.05, 0.1) is 38.3 Å². The van der Waals surface area contributed by atoms with Crippen LogP contribution in [0.4, 0.5) is 4.39 Å². The fraction of sp³-hybridized carbons (Fsp3) is 0. The molecular weight excluding hydrogens is 349 g/mol. The van der Waals surface area contributed by atoms with Crippen LogP contribution in [0, 0.1) is 5.82 Å². The van der Waals surface area contributed by atoms with E-state index in [1.165, 1.54) is 15.7 Å². The zero-order chi connectivity index (χ0) is 15.3. The molecule has 2 aromatic heterocycles. The molecule has 0 atom stereocenters. The Bertz CT molecular complexity index is 1080. The fourth-order valence-electron chi connectivity index (χ4n) is 2.50. The molecule has 0 fully saturated rings. The van der Waals surface area contributed by atoms with Gasteiger partial charge in [0.2, 0.25) is 0 Å². The zero-order valence-electron chi connectivity index (χ0n) is 11.2. The first-order chi connectivity index (χ1) is 10.6. The van der Waals surface area contributed by atoms with Crippen molar-refractivity contribution in [2.45, 2.75) is 0 Å². The van der Waals surface area contributed by atoms with Crippen molar-refractivity contribution in [2.24, 2.45) is 0 Å². The molecule has 4 nitrogen and oxygen atoms in total. The van der Waals surface area contributed by atoms with E-state index in [-0.39, 0.29) is 11.4 Å². The van der Waals surface area contributed by atoms with Crippen molar-refractivity contribution in [3.05, 3.63) is 64.7 Å². The largest absolute Gasteiger partial charge is 0.338 e. The number of imidazole rings is 1. The van der Waals surface area contributed by atoms with Crippen LogP contribution in [-0.2, 0) is 0 Å². The molecule has 4 aromatic rings. The maximum atomic E-state index is 13.3. The molecule has 0 saturated heterocycles. The second kappa shape index (κ2) is 4.78. The Morgan fingerprint density at radius 2 is 1.95 bits per heavy atom. The molecule has 108 valence electrons. The highest BCUT2D eigenvalue weighted by atomic mass is 79.9. The number of aromatic nitrogens is 3. The third-order valence-electron chi connectivity index (χ3n) is 3.56. The topological polar surface area (TPSA) is 50.7 Å². The summed E-state index contributed by atoms with van der Waals surface area (Å²) in [4.78, 5) is 19.9. The second-order valence-electron chi connectivity index (χ2n) is 4.95. The number of H-pyrrole nitrogens is 1. The van der Waals surface area contributed by atoms with Crippen molar-refractivity contribution in [2.75, 3.05) is 0 Å². The third kappa shape index (κ3) is 1.95. The van der Waals surface area contributed by atoms with Gasteiger partial charge < -0.3 is 4.98 Å². The Hall–Kier alpha value is -2.47. The maximum Gasteiger partial charge on any atom is 0.272 e. The zero-order valence-corrected chi connectivity index (χ0v) is 12.8. The maximum absolute atomic E-state index is 13.3. The van der Waals surface area contributed by atoms with Crippen LogP contribution in [0.5, 0.6) is 0 Å². The quantitative estimate of drug-likeness (QED) is 0.562. The van der Waals surface area contributed by atoms with Crippen LogP contribution >= 0.6 is 16.1 Å².